The molecule has 0 bridgehead atoms. The summed E-state index contributed by atoms with van der Waals surface area (Å²) in [6, 6.07) is 0.449. The fourth-order valence-corrected chi connectivity index (χ4v) is 2.06. The average Bonchev–Trinajstić information content (AvgIpc) is 2.28. The summed E-state index contributed by atoms with van der Waals surface area (Å²) in [5.74, 6) is 0.373. The second kappa shape index (κ2) is 6.06. The van der Waals surface area contributed by atoms with Gasteiger partial charge in [-0.3, -0.25) is 4.90 Å². The van der Waals surface area contributed by atoms with Gasteiger partial charge in [0.05, 0.1) is 12.7 Å². The van der Waals surface area contributed by atoms with Gasteiger partial charge in [0.25, 0.3) is 0 Å². The van der Waals surface area contributed by atoms with Crippen molar-refractivity contribution in [2.24, 2.45) is 16.8 Å². The van der Waals surface area contributed by atoms with Gasteiger partial charge < -0.3 is 15.7 Å². The Morgan fingerprint density at radius 2 is 2.38 bits per heavy atom. The van der Waals surface area contributed by atoms with Crippen LogP contribution in [-0.4, -0.2) is 47.8 Å². The third-order valence-electron chi connectivity index (χ3n) is 3.18. The first-order valence-corrected chi connectivity index (χ1v) is 5.91. The molecule has 0 aromatic rings. The number of morpholine rings is 1. The highest BCUT2D eigenvalue weighted by Gasteiger charge is 2.27. The normalized spacial score (nSPS) is 30.3. The van der Waals surface area contributed by atoms with Gasteiger partial charge in [0.1, 0.15) is 5.84 Å². The summed E-state index contributed by atoms with van der Waals surface area (Å²) in [4.78, 5) is 2.37. The zero-order valence-corrected chi connectivity index (χ0v) is 10.4. The summed E-state index contributed by atoms with van der Waals surface area (Å²) in [5, 5.41) is 11.7. The highest BCUT2D eigenvalue weighted by atomic mass is 16.5. The van der Waals surface area contributed by atoms with Crippen LogP contribution in [0.25, 0.3) is 0 Å². The van der Waals surface area contributed by atoms with Crippen LogP contribution in [0.5, 0.6) is 0 Å². The van der Waals surface area contributed by atoms with E-state index in [4.69, 9.17) is 15.7 Å². The van der Waals surface area contributed by atoms with Gasteiger partial charge in [-0.15, -0.1) is 0 Å². The number of ether oxygens (including phenoxy) is 1. The number of nitrogens with zero attached hydrogens (tertiary/aromatic N) is 2. The van der Waals surface area contributed by atoms with Crippen LogP contribution in [0, 0.1) is 5.92 Å². The molecule has 1 heterocycles. The number of hydrogen-bond acceptors (Lipinski definition) is 4. The first kappa shape index (κ1) is 13.3. The summed E-state index contributed by atoms with van der Waals surface area (Å²) < 4.78 is 5.63. The van der Waals surface area contributed by atoms with E-state index in [1.165, 1.54) is 0 Å². The Hall–Kier alpha value is -0.810. The molecule has 1 rings (SSSR count). The summed E-state index contributed by atoms with van der Waals surface area (Å²) in [5.41, 5.74) is 5.60. The molecule has 3 unspecified atom stereocenters. The van der Waals surface area contributed by atoms with Crippen LogP contribution in [0.4, 0.5) is 0 Å². The predicted octanol–water partition coefficient (Wildman–Crippen LogP) is 0.868. The quantitative estimate of drug-likeness (QED) is 0.325. The Bertz CT molecular complexity index is 245. The Labute approximate surface area is 97.2 Å². The third-order valence-corrected chi connectivity index (χ3v) is 3.18. The Kier molecular flexibility index (Phi) is 5.02. The van der Waals surface area contributed by atoms with E-state index in [1.54, 1.807) is 0 Å². The highest BCUT2D eigenvalue weighted by molar-refractivity contribution is 5.82. The average molecular weight is 229 g/mol. The molecule has 1 aliphatic rings. The number of nitrogens with two attached hydrogens (primary N) is 1. The van der Waals surface area contributed by atoms with Crippen molar-refractivity contribution in [3.8, 4) is 0 Å². The van der Waals surface area contributed by atoms with Crippen molar-refractivity contribution >= 4 is 5.84 Å². The zero-order chi connectivity index (χ0) is 12.1. The van der Waals surface area contributed by atoms with Crippen LogP contribution in [0.2, 0.25) is 0 Å². The second-order valence-corrected chi connectivity index (χ2v) is 4.59. The number of rotatable bonds is 4. The lowest BCUT2D eigenvalue weighted by Crippen LogP contribution is -2.51. The molecule has 5 nitrogen and oxygen atoms in total. The van der Waals surface area contributed by atoms with Crippen molar-refractivity contribution in [2.45, 2.75) is 39.3 Å². The number of amidine groups is 1. The van der Waals surface area contributed by atoms with Crippen molar-refractivity contribution in [1.29, 1.82) is 0 Å². The second-order valence-electron chi connectivity index (χ2n) is 4.59. The van der Waals surface area contributed by atoms with E-state index in [9.17, 15) is 0 Å². The fraction of sp³-hybridized carbons (Fsp3) is 0.909. The molecule has 0 aromatic heterocycles. The lowest BCUT2D eigenvalue weighted by molar-refractivity contribution is -0.0577. The Morgan fingerprint density at radius 1 is 1.69 bits per heavy atom. The highest BCUT2D eigenvalue weighted by Crippen LogP contribution is 2.16. The first-order valence-electron chi connectivity index (χ1n) is 5.91. The standard InChI is InChI=1S/C11H23N3O2/c1-4-10-7-16-9(3)6-14(10)5-8(2)11(12)13-15/h8-10,15H,4-7H2,1-3H3,(H2,12,13). The minimum absolute atomic E-state index is 0.0735. The fourth-order valence-electron chi connectivity index (χ4n) is 2.06. The summed E-state index contributed by atoms with van der Waals surface area (Å²) in [6.45, 7) is 8.73. The largest absolute Gasteiger partial charge is 0.409 e. The molecule has 0 amide bonds. The Balaban J connectivity index is 2.55. The molecular weight excluding hydrogens is 206 g/mol. The van der Waals surface area contributed by atoms with Crippen LogP contribution in [0.15, 0.2) is 5.16 Å². The van der Waals surface area contributed by atoms with Gasteiger partial charge in [0, 0.05) is 25.0 Å². The van der Waals surface area contributed by atoms with E-state index < -0.39 is 0 Å². The SMILES string of the molecule is CCC1COC(C)CN1CC(C)C(N)=NO. The van der Waals surface area contributed by atoms with E-state index in [2.05, 4.69) is 23.9 Å². The molecule has 3 N–H and O–H groups in total. The maximum atomic E-state index is 8.63. The van der Waals surface area contributed by atoms with Crippen molar-refractivity contribution in [1.82, 2.24) is 4.90 Å². The molecule has 0 aliphatic carbocycles. The zero-order valence-electron chi connectivity index (χ0n) is 10.4. The van der Waals surface area contributed by atoms with Gasteiger partial charge >= 0.3 is 0 Å². The molecule has 0 radical (unpaired) electrons. The summed E-state index contributed by atoms with van der Waals surface area (Å²) in [6.07, 6.45) is 1.33. The van der Waals surface area contributed by atoms with E-state index >= 15 is 0 Å². The molecular formula is C11H23N3O2. The van der Waals surface area contributed by atoms with Crippen LogP contribution in [-0.2, 0) is 4.74 Å². The van der Waals surface area contributed by atoms with Gasteiger partial charge in [0.2, 0.25) is 0 Å². The molecule has 1 aliphatic heterocycles. The molecule has 0 saturated carbocycles. The maximum Gasteiger partial charge on any atom is 0.143 e. The van der Waals surface area contributed by atoms with Gasteiger partial charge in [-0.05, 0) is 13.3 Å². The topological polar surface area (TPSA) is 71.1 Å². The van der Waals surface area contributed by atoms with Crippen molar-refractivity contribution in [2.75, 3.05) is 19.7 Å². The number of oxime groups is 1. The molecule has 1 fully saturated rings. The van der Waals surface area contributed by atoms with Crippen LogP contribution >= 0.6 is 0 Å². The van der Waals surface area contributed by atoms with Crippen molar-refractivity contribution < 1.29 is 9.94 Å². The molecule has 5 heteroatoms. The monoisotopic (exact) mass is 229 g/mol. The minimum Gasteiger partial charge on any atom is -0.409 e. The lowest BCUT2D eigenvalue weighted by Gasteiger charge is -2.39. The van der Waals surface area contributed by atoms with Crippen molar-refractivity contribution in [3.63, 3.8) is 0 Å². The van der Waals surface area contributed by atoms with Crippen LogP contribution < -0.4 is 5.73 Å². The van der Waals surface area contributed by atoms with E-state index in [0.717, 1.165) is 26.1 Å². The molecule has 0 aromatic carbocycles. The molecule has 1 saturated heterocycles. The smallest absolute Gasteiger partial charge is 0.143 e. The van der Waals surface area contributed by atoms with Gasteiger partial charge in [-0.25, -0.2) is 0 Å². The number of hydrogen-bond donors (Lipinski definition) is 2. The first-order chi connectivity index (χ1) is 7.58. The van der Waals surface area contributed by atoms with E-state index in [-0.39, 0.29) is 12.0 Å². The lowest BCUT2D eigenvalue weighted by atomic mass is 10.1. The van der Waals surface area contributed by atoms with E-state index in [0.29, 0.717) is 11.9 Å². The molecule has 16 heavy (non-hydrogen) atoms. The van der Waals surface area contributed by atoms with Gasteiger partial charge in [0.15, 0.2) is 0 Å². The Morgan fingerprint density at radius 3 is 2.94 bits per heavy atom. The molecule has 3 atom stereocenters. The van der Waals surface area contributed by atoms with Gasteiger partial charge in [-0.1, -0.05) is 19.0 Å². The van der Waals surface area contributed by atoms with Crippen molar-refractivity contribution in [3.05, 3.63) is 0 Å². The van der Waals surface area contributed by atoms with Gasteiger partial charge in [-0.2, -0.15) is 0 Å². The van der Waals surface area contributed by atoms with Crippen LogP contribution in [0.3, 0.4) is 0 Å². The summed E-state index contributed by atoms with van der Waals surface area (Å²) in [7, 11) is 0. The minimum atomic E-state index is 0.0735. The molecule has 94 valence electrons. The summed E-state index contributed by atoms with van der Waals surface area (Å²) >= 11 is 0. The van der Waals surface area contributed by atoms with E-state index in [1.807, 2.05) is 6.92 Å². The third kappa shape index (κ3) is 3.35. The molecule has 0 spiro atoms. The maximum absolute atomic E-state index is 8.63. The van der Waals surface area contributed by atoms with Crippen LogP contribution in [0.1, 0.15) is 27.2 Å². The predicted molar refractivity (Wildman–Crippen MR) is 63.6 cm³/mol.